The van der Waals surface area contributed by atoms with Gasteiger partial charge >= 0.3 is 0 Å². The zero-order chi connectivity index (χ0) is 19.2. The molecule has 3 rings (SSSR count). The molecule has 6 nitrogen and oxygen atoms in total. The largest absolute Gasteiger partial charge is 0.481 e. The van der Waals surface area contributed by atoms with Crippen LogP contribution in [0.3, 0.4) is 0 Å². The summed E-state index contributed by atoms with van der Waals surface area (Å²) in [5.74, 6) is 1.84. The quantitative estimate of drug-likeness (QED) is 0.757. The number of nitrogens with one attached hydrogen (secondary N) is 2. The highest BCUT2D eigenvalue weighted by Crippen LogP contribution is 2.26. The molecule has 2 N–H and O–H groups in total. The van der Waals surface area contributed by atoms with E-state index in [2.05, 4.69) is 51.5 Å². The molecule has 27 heavy (non-hydrogen) atoms. The number of ether oxygens (including phenoxy) is 1. The molecule has 1 saturated heterocycles. The minimum atomic E-state index is 0.0818. The van der Waals surface area contributed by atoms with E-state index in [4.69, 9.17) is 17.0 Å². The molecule has 2 unspecified atom stereocenters. The number of piperidine rings is 1. The summed E-state index contributed by atoms with van der Waals surface area (Å²) < 4.78 is 5.37. The lowest BCUT2D eigenvalue weighted by Crippen LogP contribution is -2.38. The van der Waals surface area contributed by atoms with Gasteiger partial charge in [-0.3, -0.25) is 0 Å². The van der Waals surface area contributed by atoms with Gasteiger partial charge in [0.2, 0.25) is 11.8 Å². The molecule has 0 spiro atoms. The number of aromatic nitrogens is 2. The zero-order valence-electron chi connectivity index (χ0n) is 16.1. The highest BCUT2D eigenvalue weighted by atomic mass is 32.1. The summed E-state index contributed by atoms with van der Waals surface area (Å²) in [6.07, 6.45) is 3.61. The first kappa shape index (κ1) is 19.4. The Morgan fingerprint density at radius 2 is 2.04 bits per heavy atom. The fourth-order valence-corrected chi connectivity index (χ4v) is 3.59. The molecule has 0 amide bonds. The summed E-state index contributed by atoms with van der Waals surface area (Å²) in [6, 6.07) is 12.6. The summed E-state index contributed by atoms with van der Waals surface area (Å²) in [5.41, 5.74) is 1.16. The van der Waals surface area contributed by atoms with Crippen molar-refractivity contribution in [2.75, 3.05) is 23.9 Å². The topological polar surface area (TPSA) is 62.3 Å². The summed E-state index contributed by atoms with van der Waals surface area (Å²) in [4.78, 5) is 11.4. The molecule has 0 aliphatic carbocycles. The molecule has 1 aromatic carbocycles. The SMILES string of the molecule is COc1cc(N2CCCCC2C)nc(NC(=S)NC(C)c2ccccc2)n1. The van der Waals surface area contributed by atoms with E-state index < -0.39 is 0 Å². The van der Waals surface area contributed by atoms with Crippen molar-refractivity contribution in [3.05, 3.63) is 42.0 Å². The molecule has 2 heterocycles. The van der Waals surface area contributed by atoms with Gasteiger partial charge in [-0.15, -0.1) is 0 Å². The Balaban J connectivity index is 1.72. The summed E-state index contributed by atoms with van der Waals surface area (Å²) in [6.45, 7) is 5.29. The van der Waals surface area contributed by atoms with E-state index in [9.17, 15) is 0 Å². The van der Waals surface area contributed by atoms with E-state index in [1.165, 1.54) is 19.3 Å². The number of hydrogen-bond donors (Lipinski definition) is 2. The standard InChI is InChI=1S/C20H27N5OS/c1-14-9-7-8-12-25(14)17-13-18(26-3)23-19(22-17)24-20(27)21-15(2)16-10-5-4-6-11-16/h4-6,10-11,13-15H,7-9,12H2,1-3H3,(H2,21,22,23,24,27). The number of nitrogens with zero attached hydrogens (tertiary/aromatic N) is 3. The molecule has 1 aliphatic rings. The molecule has 1 fully saturated rings. The number of hydrogen-bond acceptors (Lipinski definition) is 5. The van der Waals surface area contributed by atoms with Crippen molar-refractivity contribution >= 4 is 29.1 Å². The van der Waals surface area contributed by atoms with Crippen molar-refractivity contribution in [3.63, 3.8) is 0 Å². The van der Waals surface area contributed by atoms with Crippen LogP contribution in [0.5, 0.6) is 5.88 Å². The van der Waals surface area contributed by atoms with E-state index in [1.807, 2.05) is 24.3 Å². The maximum Gasteiger partial charge on any atom is 0.234 e. The average Bonchev–Trinajstić information content (AvgIpc) is 2.68. The maximum atomic E-state index is 5.46. The van der Waals surface area contributed by atoms with E-state index in [-0.39, 0.29) is 6.04 Å². The number of rotatable bonds is 5. The third-order valence-electron chi connectivity index (χ3n) is 4.87. The Morgan fingerprint density at radius 3 is 2.74 bits per heavy atom. The second-order valence-corrected chi connectivity index (χ2v) is 7.27. The molecule has 0 radical (unpaired) electrons. The lowest BCUT2D eigenvalue weighted by atomic mass is 10.0. The van der Waals surface area contributed by atoms with Crippen LogP contribution in [0.25, 0.3) is 0 Å². The molecule has 2 aromatic rings. The summed E-state index contributed by atoms with van der Waals surface area (Å²) >= 11 is 5.46. The fraction of sp³-hybridized carbons (Fsp3) is 0.450. The van der Waals surface area contributed by atoms with Crippen molar-refractivity contribution in [3.8, 4) is 5.88 Å². The number of thiocarbonyl (C=S) groups is 1. The van der Waals surface area contributed by atoms with Gasteiger partial charge in [-0.1, -0.05) is 30.3 Å². The molecular weight excluding hydrogens is 358 g/mol. The predicted molar refractivity (Wildman–Crippen MR) is 113 cm³/mol. The molecule has 1 aromatic heterocycles. The number of methoxy groups -OCH3 is 1. The van der Waals surface area contributed by atoms with Gasteiger partial charge in [-0.2, -0.15) is 9.97 Å². The van der Waals surface area contributed by atoms with E-state index in [0.29, 0.717) is 23.0 Å². The van der Waals surface area contributed by atoms with Crippen molar-refractivity contribution in [2.45, 2.75) is 45.2 Å². The van der Waals surface area contributed by atoms with Gasteiger partial charge in [0.25, 0.3) is 0 Å². The zero-order valence-corrected chi connectivity index (χ0v) is 16.9. The first-order valence-corrected chi connectivity index (χ1v) is 9.80. The summed E-state index contributed by atoms with van der Waals surface area (Å²) in [7, 11) is 1.61. The predicted octanol–water partition coefficient (Wildman–Crippen LogP) is 3.91. The van der Waals surface area contributed by atoms with Gasteiger partial charge in [-0.25, -0.2) is 0 Å². The fourth-order valence-electron chi connectivity index (χ4n) is 3.32. The van der Waals surface area contributed by atoms with Crippen molar-refractivity contribution in [2.24, 2.45) is 0 Å². The molecule has 7 heteroatoms. The molecule has 144 valence electrons. The number of anilines is 2. The van der Waals surface area contributed by atoms with Crippen LogP contribution in [0.15, 0.2) is 36.4 Å². The molecule has 0 bridgehead atoms. The highest BCUT2D eigenvalue weighted by molar-refractivity contribution is 7.80. The normalized spacial score (nSPS) is 17.9. The average molecular weight is 386 g/mol. The van der Waals surface area contributed by atoms with Gasteiger partial charge in [0, 0.05) is 18.7 Å². The Bertz CT molecular complexity index is 770. The van der Waals surface area contributed by atoms with Gasteiger partial charge in [-0.05, 0) is 50.9 Å². The van der Waals surface area contributed by atoms with Crippen LogP contribution in [0.2, 0.25) is 0 Å². The van der Waals surface area contributed by atoms with E-state index in [1.54, 1.807) is 7.11 Å². The minimum Gasteiger partial charge on any atom is -0.481 e. The van der Waals surface area contributed by atoms with Gasteiger partial charge in [0.1, 0.15) is 5.82 Å². The minimum absolute atomic E-state index is 0.0818. The number of benzene rings is 1. The van der Waals surface area contributed by atoms with Crippen LogP contribution in [-0.2, 0) is 0 Å². The van der Waals surface area contributed by atoms with Crippen LogP contribution in [0.1, 0.15) is 44.7 Å². The molecular formula is C20H27N5OS. The third kappa shape index (κ3) is 5.07. The van der Waals surface area contributed by atoms with E-state index >= 15 is 0 Å². The Hall–Kier alpha value is -2.41. The Labute approximate surface area is 166 Å². The molecule has 2 atom stereocenters. The van der Waals surface area contributed by atoms with Crippen LogP contribution in [0.4, 0.5) is 11.8 Å². The highest BCUT2D eigenvalue weighted by Gasteiger charge is 2.21. The van der Waals surface area contributed by atoms with Crippen LogP contribution >= 0.6 is 12.2 Å². The molecule has 1 aliphatic heterocycles. The van der Waals surface area contributed by atoms with Crippen LogP contribution in [-0.4, -0.2) is 34.8 Å². The first-order valence-electron chi connectivity index (χ1n) is 9.39. The summed E-state index contributed by atoms with van der Waals surface area (Å²) in [5, 5.41) is 6.86. The molecule has 0 saturated carbocycles. The first-order chi connectivity index (χ1) is 13.1. The maximum absolute atomic E-state index is 5.46. The van der Waals surface area contributed by atoms with Crippen molar-refractivity contribution in [1.29, 1.82) is 0 Å². The van der Waals surface area contributed by atoms with Crippen molar-refractivity contribution in [1.82, 2.24) is 15.3 Å². The monoisotopic (exact) mass is 385 g/mol. The van der Waals surface area contributed by atoms with Crippen LogP contribution in [0, 0.1) is 0 Å². The third-order valence-corrected chi connectivity index (χ3v) is 5.09. The Morgan fingerprint density at radius 1 is 1.26 bits per heavy atom. The van der Waals surface area contributed by atoms with Crippen molar-refractivity contribution < 1.29 is 4.74 Å². The second-order valence-electron chi connectivity index (χ2n) is 6.86. The second kappa shape index (κ2) is 8.99. The van der Waals surface area contributed by atoms with Gasteiger partial charge in [0.15, 0.2) is 5.11 Å². The van der Waals surface area contributed by atoms with Crippen LogP contribution < -0.4 is 20.3 Å². The lowest BCUT2D eigenvalue weighted by Gasteiger charge is -2.34. The Kier molecular flexibility index (Phi) is 6.45. The van der Waals surface area contributed by atoms with Gasteiger partial charge < -0.3 is 20.3 Å². The lowest BCUT2D eigenvalue weighted by molar-refractivity contribution is 0.396. The van der Waals surface area contributed by atoms with Gasteiger partial charge in [0.05, 0.1) is 13.2 Å². The smallest absolute Gasteiger partial charge is 0.234 e. The van der Waals surface area contributed by atoms with E-state index in [0.717, 1.165) is 17.9 Å².